The predicted octanol–water partition coefficient (Wildman–Crippen LogP) is 3.64. The minimum absolute atomic E-state index is 0.127. The maximum absolute atomic E-state index is 12.7. The van der Waals surface area contributed by atoms with Gasteiger partial charge < -0.3 is 10.3 Å². The first kappa shape index (κ1) is 19.7. The van der Waals surface area contributed by atoms with Crippen LogP contribution in [0.5, 0.6) is 0 Å². The second-order valence-electron chi connectivity index (χ2n) is 7.09. The van der Waals surface area contributed by atoms with E-state index in [-0.39, 0.29) is 28.3 Å². The monoisotopic (exact) mass is 432 g/mol. The molecule has 4 rings (SSSR count). The summed E-state index contributed by atoms with van der Waals surface area (Å²) >= 11 is 6.32. The molecule has 0 unspecified atom stereocenters. The summed E-state index contributed by atoms with van der Waals surface area (Å²) in [4.78, 5) is 20.4. The van der Waals surface area contributed by atoms with Gasteiger partial charge in [0.2, 0.25) is 10.0 Å². The number of rotatable bonds is 4. The highest BCUT2D eigenvalue weighted by Gasteiger charge is 2.27. The number of aromatic nitrogens is 2. The van der Waals surface area contributed by atoms with Crippen molar-refractivity contribution < 1.29 is 13.2 Å². The number of sulfonamides is 1. The Balaban J connectivity index is 1.52. The minimum atomic E-state index is -3.33. The van der Waals surface area contributed by atoms with E-state index in [9.17, 15) is 13.2 Å². The molecule has 7 nitrogen and oxygen atoms in total. The smallest absolute Gasteiger partial charge is 0.253 e. The first-order chi connectivity index (χ1) is 13.8. The van der Waals surface area contributed by atoms with Gasteiger partial charge in [-0.2, -0.15) is 0 Å². The average Bonchev–Trinajstić information content (AvgIpc) is 3.12. The van der Waals surface area contributed by atoms with Crippen molar-refractivity contribution in [1.82, 2.24) is 15.3 Å². The second-order valence-corrected chi connectivity index (χ2v) is 9.51. The fourth-order valence-electron chi connectivity index (χ4n) is 3.44. The zero-order valence-electron chi connectivity index (χ0n) is 15.9. The second kappa shape index (κ2) is 7.68. The molecule has 0 aliphatic carbocycles. The molecule has 0 spiro atoms. The number of amides is 1. The Morgan fingerprint density at radius 2 is 2.03 bits per heavy atom. The van der Waals surface area contributed by atoms with Crippen LogP contribution >= 0.6 is 11.6 Å². The molecule has 1 aromatic heterocycles. The van der Waals surface area contributed by atoms with Crippen LogP contribution in [0.15, 0.2) is 42.5 Å². The summed E-state index contributed by atoms with van der Waals surface area (Å²) < 4.78 is 25.9. The molecule has 152 valence electrons. The average molecular weight is 433 g/mol. The number of imidazole rings is 1. The van der Waals surface area contributed by atoms with Crippen molar-refractivity contribution in [3.63, 3.8) is 0 Å². The Kier molecular flexibility index (Phi) is 5.23. The number of carbonyl (C=O) groups is 1. The summed E-state index contributed by atoms with van der Waals surface area (Å²) in [5, 5.41) is 3.09. The van der Waals surface area contributed by atoms with E-state index in [1.807, 2.05) is 31.2 Å². The molecule has 0 bridgehead atoms. The van der Waals surface area contributed by atoms with E-state index in [0.717, 1.165) is 17.5 Å². The van der Waals surface area contributed by atoms with Crippen molar-refractivity contribution in [3.05, 3.63) is 58.9 Å². The first-order valence-corrected chi connectivity index (χ1v) is 11.4. The topological polar surface area (TPSA) is 95.2 Å². The molecular formula is C20H21ClN4O3S. The van der Waals surface area contributed by atoms with E-state index in [4.69, 9.17) is 11.6 Å². The van der Waals surface area contributed by atoms with Crippen LogP contribution in [0.4, 0.5) is 5.69 Å². The third-order valence-corrected chi connectivity index (χ3v) is 7.18. The van der Waals surface area contributed by atoms with E-state index in [2.05, 4.69) is 15.3 Å². The third kappa shape index (κ3) is 3.95. The predicted molar refractivity (Wildman–Crippen MR) is 114 cm³/mol. The van der Waals surface area contributed by atoms with Crippen LogP contribution in [0, 0.1) is 0 Å². The lowest BCUT2D eigenvalue weighted by Gasteiger charge is -2.28. The molecular weight excluding hydrogens is 412 g/mol. The van der Waals surface area contributed by atoms with E-state index in [1.54, 1.807) is 12.1 Å². The van der Waals surface area contributed by atoms with Gasteiger partial charge in [-0.1, -0.05) is 23.7 Å². The number of anilines is 1. The minimum Gasteiger partial charge on any atom is -0.342 e. The molecule has 0 saturated carbocycles. The molecule has 1 amide bonds. The van der Waals surface area contributed by atoms with E-state index >= 15 is 0 Å². The van der Waals surface area contributed by atoms with E-state index in [0.29, 0.717) is 24.5 Å². The van der Waals surface area contributed by atoms with Crippen LogP contribution in [0.1, 0.15) is 42.0 Å². The van der Waals surface area contributed by atoms with Crippen LogP contribution < -0.4 is 9.62 Å². The summed E-state index contributed by atoms with van der Waals surface area (Å²) in [5.41, 5.74) is 2.49. The lowest BCUT2D eigenvalue weighted by atomic mass is 10.1. The van der Waals surface area contributed by atoms with Crippen LogP contribution in [-0.4, -0.2) is 36.6 Å². The molecule has 2 heterocycles. The van der Waals surface area contributed by atoms with E-state index < -0.39 is 10.0 Å². The summed E-state index contributed by atoms with van der Waals surface area (Å²) in [6.45, 7) is 2.26. The van der Waals surface area contributed by atoms with Crippen LogP contribution in [0.25, 0.3) is 11.0 Å². The maximum Gasteiger partial charge on any atom is 0.253 e. The molecule has 1 aliphatic heterocycles. The summed E-state index contributed by atoms with van der Waals surface area (Å²) in [5.74, 6) is 0.421. The van der Waals surface area contributed by atoms with Crippen molar-refractivity contribution in [2.75, 3.05) is 16.6 Å². The molecule has 1 saturated heterocycles. The standard InChI is InChI=1S/C20H21ClN4O3S/c1-13(19-23-17-6-2-3-7-18(17)24-19)22-20(26)15-9-8-14(12-16(15)21)25-10-4-5-11-29(25,27)28/h2-3,6-9,12-13H,4-5,10-11H2,1H3,(H,22,26)(H,23,24)/t13-/m1/s1. The number of H-pyrrole nitrogens is 1. The maximum atomic E-state index is 12.7. The van der Waals surface area contributed by atoms with Crippen LogP contribution in [0.3, 0.4) is 0 Å². The lowest BCUT2D eigenvalue weighted by Crippen LogP contribution is -2.37. The molecule has 0 radical (unpaired) electrons. The van der Waals surface area contributed by atoms with Gasteiger partial charge in [0.25, 0.3) is 5.91 Å². The largest absolute Gasteiger partial charge is 0.342 e. The van der Waals surface area contributed by atoms with Crippen LogP contribution in [-0.2, 0) is 10.0 Å². The molecule has 1 fully saturated rings. The quantitative estimate of drug-likeness (QED) is 0.658. The number of aromatic amines is 1. The Hall–Kier alpha value is -2.58. The molecule has 2 N–H and O–H groups in total. The Labute approximate surface area is 174 Å². The molecule has 2 aromatic carbocycles. The molecule has 9 heteroatoms. The normalized spacial score (nSPS) is 17.2. The van der Waals surface area contributed by atoms with Gasteiger partial charge >= 0.3 is 0 Å². The van der Waals surface area contributed by atoms with Gasteiger partial charge in [-0.25, -0.2) is 13.4 Å². The Morgan fingerprint density at radius 1 is 1.24 bits per heavy atom. The van der Waals surface area contributed by atoms with Gasteiger partial charge in [0.15, 0.2) is 0 Å². The van der Waals surface area contributed by atoms with Gasteiger partial charge in [-0.3, -0.25) is 9.10 Å². The van der Waals surface area contributed by atoms with Gasteiger partial charge in [-0.15, -0.1) is 0 Å². The van der Waals surface area contributed by atoms with Gasteiger partial charge in [0.05, 0.1) is 39.1 Å². The highest BCUT2D eigenvalue weighted by Crippen LogP contribution is 2.28. The highest BCUT2D eigenvalue weighted by atomic mass is 35.5. The van der Waals surface area contributed by atoms with Crippen molar-refractivity contribution in [1.29, 1.82) is 0 Å². The number of nitrogens with zero attached hydrogens (tertiary/aromatic N) is 2. The first-order valence-electron chi connectivity index (χ1n) is 9.40. The zero-order chi connectivity index (χ0) is 20.6. The number of hydrogen-bond acceptors (Lipinski definition) is 4. The van der Waals surface area contributed by atoms with Crippen molar-refractivity contribution in [2.45, 2.75) is 25.8 Å². The summed E-state index contributed by atoms with van der Waals surface area (Å²) in [6, 6.07) is 12.0. The van der Waals surface area contributed by atoms with Gasteiger partial charge in [0.1, 0.15) is 5.82 Å². The number of fused-ring (bicyclic) bond motifs is 1. The van der Waals surface area contributed by atoms with Gasteiger partial charge in [-0.05, 0) is 50.1 Å². The Bertz CT molecular complexity index is 1140. The fraction of sp³-hybridized carbons (Fsp3) is 0.300. The number of nitrogens with one attached hydrogen (secondary N) is 2. The molecule has 1 atom stereocenters. The molecule has 3 aromatic rings. The highest BCUT2D eigenvalue weighted by molar-refractivity contribution is 7.92. The molecule has 29 heavy (non-hydrogen) atoms. The Morgan fingerprint density at radius 3 is 2.76 bits per heavy atom. The number of para-hydroxylation sites is 2. The molecule has 1 aliphatic rings. The fourth-order valence-corrected chi connectivity index (χ4v) is 5.33. The van der Waals surface area contributed by atoms with Crippen molar-refractivity contribution >= 4 is 44.3 Å². The number of halogens is 1. The number of benzene rings is 2. The van der Waals surface area contributed by atoms with Gasteiger partial charge in [0, 0.05) is 6.54 Å². The number of hydrogen-bond donors (Lipinski definition) is 2. The summed E-state index contributed by atoms with van der Waals surface area (Å²) in [6.07, 6.45) is 1.46. The summed E-state index contributed by atoms with van der Waals surface area (Å²) in [7, 11) is -3.33. The third-order valence-electron chi connectivity index (χ3n) is 5.00. The van der Waals surface area contributed by atoms with Crippen LogP contribution in [0.2, 0.25) is 5.02 Å². The number of carbonyl (C=O) groups excluding carboxylic acids is 1. The lowest BCUT2D eigenvalue weighted by molar-refractivity contribution is 0.0938. The van der Waals surface area contributed by atoms with E-state index in [1.165, 1.54) is 10.4 Å². The van der Waals surface area contributed by atoms with Crippen molar-refractivity contribution in [2.24, 2.45) is 0 Å². The SMILES string of the molecule is C[C@@H](NC(=O)c1ccc(N2CCCCS2(=O)=O)cc1Cl)c1nc2ccccc2[nH]1. The van der Waals surface area contributed by atoms with Crippen molar-refractivity contribution in [3.8, 4) is 0 Å². The zero-order valence-corrected chi connectivity index (χ0v) is 17.4.